The molecule has 3 atom stereocenters. The van der Waals surface area contributed by atoms with Crippen molar-refractivity contribution in [3.8, 4) is 0 Å². The number of amides is 1. The Morgan fingerprint density at radius 3 is 2.24 bits per heavy atom. The van der Waals surface area contributed by atoms with E-state index in [9.17, 15) is 4.79 Å². The van der Waals surface area contributed by atoms with Gasteiger partial charge in [0, 0.05) is 5.92 Å². The highest BCUT2D eigenvalue weighted by Crippen LogP contribution is 2.53. The molecule has 0 radical (unpaired) electrons. The van der Waals surface area contributed by atoms with Crippen molar-refractivity contribution < 1.29 is 4.79 Å². The Morgan fingerprint density at radius 1 is 1.35 bits per heavy atom. The summed E-state index contributed by atoms with van der Waals surface area (Å²) in [6.07, 6.45) is 3.30. The second-order valence-corrected chi connectivity index (χ2v) is 7.47. The average molecular weight is 239 g/mol. The fourth-order valence-electron chi connectivity index (χ4n) is 3.22. The van der Waals surface area contributed by atoms with Gasteiger partial charge in [-0.25, -0.2) is 0 Å². The monoisotopic (exact) mass is 239 g/mol. The molecule has 0 aliphatic heterocycles. The molecule has 1 rings (SSSR count). The lowest BCUT2D eigenvalue weighted by atomic mass is 9.55. The van der Waals surface area contributed by atoms with E-state index in [1.54, 1.807) is 0 Å². The first-order valence-electron chi connectivity index (χ1n) is 6.88. The third kappa shape index (κ3) is 2.83. The molecule has 1 aliphatic carbocycles. The number of hydrogen-bond donors (Lipinski definition) is 1. The minimum Gasteiger partial charge on any atom is -0.369 e. The largest absolute Gasteiger partial charge is 0.369 e. The van der Waals surface area contributed by atoms with Crippen LogP contribution < -0.4 is 5.73 Å². The van der Waals surface area contributed by atoms with E-state index in [1.807, 2.05) is 0 Å². The molecule has 17 heavy (non-hydrogen) atoms. The molecule has 0 aromatic rings. The lowest BCUT2D eigenvalue weighted by Crippen LogP contribution is -2.46. The van der Waals surface area contributed by atoms with Crippen LogP contribution >= 0.6 is 0 Å². The minimum absolute atomic E-state index is 0.0629. The molecule has 1 aliphatic rings. The predicted octanol–water partition coefficient (Wildman–Crippen LogP) is 3.60. The Labute approximate surface area is 106 Å². The number of rotatable bonds is 2. The van der Waals surface area contributed by atoms with Crippen LogP contribution in [-0.4, -0.2) is 5.91 Å². The molecule has 0 aromatic carbocycles. The first kappa shape index (κ1) is 14.5. The zero-order chi connectivity index (χ0) is 13.4. The Hall–Kier alpha value is -0.530. The summed E-state index contributed by atoms with van der Waals surface area (Å²) in [6, 6.07) is 0. The summed E-state index contributed by atoms with van der Waals surface area (Å²) in [5.74, 6) is 0.992. The molecule has 2 nitrogen and oxygen atoms in total. The molecular weight excluding hydrogens is 210 g/mol. The van der Waals surface area contributed by atoms with Crippen LogP contribution in [0.5, 0.6) is 0 Å². The van der Waals surface area contributed by atoms with E-state index in [4.69, 9.17) is 5.73 Å². The number of carbonyl (C=O) groups excluding carboxylic acids is 1. The molecule has 0 bridgehead atoms. The molecule has 2 heteroatoms. The van der Waals surface area contributed by atoms with Crippen molar-refractivity contribution in [2.45, 2.75) is 60.8 Å². The summed E-state index contributed by atoms with van der Waals surface area (Å²) in [6.45, 7) is 13.6. The van der Waals surface area contributed by atoms with Gasteiger partial charge in [0.25, 0.3) is 0 Å². The highest BCUT2D eigenvalue weighted by Gasteiger charge is 2.46. The molecular formula is C15H29NO. The SMILES string of the molecule is CC(C)C1CCC(C)(C(C)(C)C)CC1C(N)=O. The molecule has 100 valence electrons. The predicted molar refractivity (Wildman–Crippen MR) is 72.4 cm³/mol. The molecule has 0 aromatic heterocycles. The first-order chi connectivity index (χ1) is 7.58. The molecule has 2 N–H and O–H groups in total. The Balaban J connectivity index is 2.93. The maximum atomic E-state index is 11.7. The fraction of sp³-hybridized carbons (Fsp3) is 0.933. The van der Waals surface area contributed by atoms with Crippen LogP contribution in [-0.2, 0) is 4.79 Å². The normalized spacial score (nSPS) is 35.0. The second kappa shape index (κ2) is 4.62. The maximum absolute atomic E-state index is 11.7. The van der Waals surface area contributed by atoms with Crippen molar-refractivity contribution in [1.82, 2.24) is 0 Å². The van der Waals surface area contributed by atoms with Gasteiger partial charge in [-0.15, -0.1) is 0 Å². The van der Waals surface area contributed by atoms with Gasteiger partial charge >= 0.3 is 0 Å². The number of primary amides is 1. The average Bonchev–Trinajstić information content (AvgIpc) is 2.15. The summed E-state index contributed by atoms with van der Waals surface area (Å²) in [5, 5.41) is 0. The topological polar surface area (TPSA) is 43.1 Å². The Bertz CT molecular complexity index is 290. The van der Waals surface area contributed by atoms with E-state index in [1.165, 1.54) is 6.42 Å². The van der Waals surface area contributed by atoms with Crippen LogP contribution in [0.1, 0.15) is 60.8 Å². The van der Waals surface area contributed by atoms with Crippen LogP contribution in [0.15, 0.2) is 0 Å². The molecule has 1 fully saturated rings. The van der Waals surface area contributed by atoms with E-state index >= 15 is 0 Å². The van der Waals surface area contributed by atoms with E-state index in [-0.39, 0.29) is 22.7 Å². The number of carbonyl (C=O) groups is 1. The summed E-state index contributed by atoms with van der Waals surface area (Å²) in [5.41, 5.74) is 6.09. The molecule has 3 unspecified atom stereocenters. The van der Waals surface area contributed by atoms with Crippen molar-refractivity contribution in [2.24, 2.45) is 34.3 Å². The van der Waals surface area contributed by atoms with Crippen LogP contribution in [0.2, 0.25) is 0 Å². The maximum Gasteiger partial charge on any atom is 0.220 e. The van der Waals surface area contributed by atoms with Gasteiger partial charge in [-0.05, 0) is 41.9 Å². The quantitative estimate of drug-likeness (QED) is 0.786. The number of hydrogen-bond acceptors (Lipinski definition) is 1. The summed E-state index contributed by atoms with van der Waals surface area (Å²) in [4.78, 5) is 11.7. The summed E-state index contributed by atoms with van der Waals surface area (Å²) < 4.78 is 0. The van der Waals surface area contributed by atoms with E-state index in [0.29, 0.717) is 11.8 Å². The van der Waals surface area contributed by atoms with Crippen LogP contribution in [0, 0.1) is 28.6 Å². The van der Waals surface area contributed by atoms with Gasteiger partial charge in [-0.3, -0.25) is 4.79 Å². The first-order valence-corrected chi connectivity index (χ1v) is 6.88. The van der Waals surface area contributed by atoms with E-state index in [0.717, 1.165) is 12.8 Å². The lowest BCUT2D eigenvalue weighted by Gasteiger charge is -2.50. The molecule has 1 amide bonds. The smallest absolute Gasteiger partial charge is 0.220 e. The van der Waals surface area contributed by atoms with E-state index < -0.39 is 0 Å². The molecule has 0 saturated heterocycles. The van der Waals surface area contributed by atoms with Gasteiger partial charge in [0.05, 0.1) is 0 Å². The van der Waals surface area contributed by atoms with Gasteiger partial charge < -0.3 is 5.73 Å². The molecule has 0 spiro atoms. The fourth-order valence-corrected chi connectivity index (χ4v) is 3.22. The van der Waals surface area contributed by atoms with Gasteiger partial charge in [0.15, 0.2) is 0 Å². The standard InChI is InChI=1S/C15H29NO/c1-10(2)11-7-8-15(6,14(3,4)5)9-12(11)13(16)17/h10-12H,7-9H2,1-6H3,(H2,16,17). The van der Waals surface area contributed by atoms with Crippen LogP contribution in [0.4, 0.5) is 0 Å². The highest BCUT2D eigenvalue weighted by atomic mass is 16.1. The van der Waals surface area contributed by atoms with Gasteiger partial charge in [0.1, 0.15) is 0 Å². The van der Waals surface area contributed by atoms with Gasteiger partial charge in [-0.2, -0.15) is 0 Å². The molecule has 1 saturated carbocycles. The Morgan fingerprint density at radius 2 is 1.88 bits per heavy atom. The van der Waals surface area contributed by atoms with Gasteiger partial charge in [-0.1, -0.05) is 41.5 Å². The second-order valence-electron chi connectivity index (χ2n) is 7.47. The zero-order valence-corrected chi connectivity index (χ0v) is 12.3. The van der Waals surface area contributed by atoms with Crippen molar-refractivity contribution >= 4 is 5.91 Å². The highest BCUT2D eigenvalue weighted by molar-refractivity contribution is 5.77. The summed E-state index contributed by atoms with van der Waals surface area (Å²) in [7, 11) is 0. The van der Waals surface area contributed by atoms with Crippen molar-refractivity contribution in [2.75, 3.05) is 0 Å². The third-order valence-corrected chi connectivity index (χ3v) is 5.25. The third-order valence-electron chi connectivity index (χ3n) is 5.25. The van der Waals surface area contributed by atoms with E-state index in [2.05, 4.69) is 41.5 Å². The molecule has 0 heterocycles. The zero-order valence-electron chi connectivity index (χ0n) is 12.3. The van der Waals surface area contributed by atoms with Gasteiger partial charge in [0.2, 0.25) is 5.91 Å². The van der Waals surface area contributed by atoms with Crippen LogP contribution in [0.3, 0.4) is 0 Å². The lowest BCUT2D eigenvalue weighted by molar-refractivity contribution is -0.129. The van der Waals surface area contributed by atoms with Crippen molar-refractivity contribution in [1.29, 1.82) is 0 Å². The van der Waals surface area contributed by atoms with Crippen molar-refractivity contribution in [3.63, 3.8) is 0 Å². The van der Waals surface area contributed by atoms with Crippen molar-refractivity contribution in [3.05, 3.63) is 0 Å². The minimum atomic E-state index is -0.0983. The Kier molecular flexibility index (Phi) is 3.95. The van der Waals surface area contributed by atoms with Crippen LogP contribution in [0.25, 0.3) is 0 Å². The number of nitrogens with two attached hydrogens (primary N) is 1. The summed E-state index contributed by atoms with van der Waals surface area (Å²) >= 11 is 0.